The van der Waals surface area contributed by atoms with E-state index in [1.807, 2.05) is 11.6 Å². The Morgan fingerprint density at radius 2 is 1.95 bits per heavy atom. The molecule has 1 aromatic rings. The van der Waals surface area contributed by atoms with Crippen molar-refractivity contribution in [3.8, 4) is 0 Å². The molecular weight excluding hydrogens is 274 g/mol. The summed E-state index contributed by atoms with van der Waals surface area (Å²) in [5, 5.41) is 2.98. The quantitative estimate of drug-likeness (QED) is 0.756. The van der Waals surface area contributed by atoms with Crippen molar-refractivity contribution < 1.29 is 17.2 Å². The average Bonchev–Trinajstić information content (AvgIpc) is 2.35. The Morgan fingerprint density at radius 3 is 2.58 bits per heavy atom. The summed E-state index contributed by atoms with van der Waals surface area (Å²) in [5.74, 6) is -1.99. The monoisotopic (exact) mass is 292 g/mol. The van der Waals surface area contributed by atoms with Crippen molar-refractivity contribution in [1.82, 2.24) is 5.32 Å². The normalized spacial score (nSPS) is 11.6. The molecule has 19 heavy (non-hydrogen) atoms. The maximum atomic E-state index is 13.7. The summed E-state index contributed by atoms with van der Waals surface area (Å²) in [4.78, 5) is 0. The molecule has 1 aromatic carbocycles. The summed E-state index contributed by atoms with van der Waals surface area (Å²) in [5.41, 5.74) is -0.421. The molecule has 0 aromatic heterocycles. The molecule has 4 nitrogen and oxygen atoms in total. The van der Waals surface area contributed by atoms with Crippen LogP contribution in [0.1, 0.15) is 18.9 Å². The average molecular weight is 292 g/mol. The van der Waals surface area contributed by atoms with Crippen molar-refractivity contribution in [1.29, 1.82) is 0 Å². The van der Waals surface area contributed by atoms with Crippen molar-refractivity contribution in [2.24, 2.45) is 0 Å². The van der Waals surface area contributed by atoms with E-state index in [9.17, 15) is 17.2 Å². The van der Waals surface area contributed by atoms with Gasteiger partial charge in [-0.15, -0.1) is 0 Å². The lowest BCUT2D eigenvalue weighted by molar-refractivity contribution is 0.577. The van der Waals surface area contributed by atoms with Gasteiger partial charge in [-0.05, 0) is 38.1 Å². The van der Waals surface area contributed by atoms with Gasteiger partial charge < -0.3 is 5.32 Å². The molecule has 0 unspecified atom stereocenters. The molecule has 0 bridgehead atoms. The van der Waals surface area contributed by atoms with E-state index in [1.165, 1.54) is 13.0 Å². The molecule has 7 heteroatoms. The van der Waals surface area contributed by atoms with Crippen LogP contribution in [0.4, 0.5) is 14.5 Å². The molecule has 0 fully saturated rings. The van der Waals surface area contributed by atoms with Crippen LogP contribution in [0, 0.1) is 18.6 Å². The SMILES string of the molecule is CCNCCCS(=O)(=O)Nc1c(F)ccc(C)c1F. The summed E-state index contributed by atoms with van der Waals surface area (Å²) in [6.45, 7) is 4.63. The van der Waals surface area contributed by atoms with E-state index >= 15 is 0 Å². The van der Waals surface area contributed by atoms with E-state index in [-0.39, 0.29) is 11.3 Å². The second-order valence-corrected chi connectivity index (χ2v) is 6.02. The molecular formula is C12H18F2N2O2S. The van der Waals surface area contributed by atoms with Gasteiger partial charge >= 0.3 is 0 Å². The number of anilines is 1. The summed E-state index contributed by atoms with van der Waals surface area (Å²) in [6.07, 6.45) is 0.373. The highest BCUT2D eigenvalue weighted by Gasteiger charge is 2.17. The lowest BCUT2D eigenvalue weighted by Gasteiger charge is -2.11. The smallest absolute Gasteiger partial charge is 0.232 e. The number of sulfonamides is 1. The molecule has 0 spiro atoms. The first kappa shape index (κ1) is 15.8. The van der Waals surface area contributed by atoms with Crippen molar-refractivity contribution in [3.63, 3.8) is 0 Å². The highest BCUT2D eigenvalue weighted by Crippen LogP contribution is 2.22. The maximum absolute atomic E-state index is 13.7. The molecule has 0 radical (unpaired) electrons. The lowest BCUT2D eigenvalue weighted by Crippen LogP contribution is -2.22. The van der Waals surface area contributed by atoms with Gasteiger partial charge in [-0.1, -0.05) is 13.0 Å². The van der Waals surface area contributed by atoms with Crippen LogP contribution in [-0.2, 0) is 10.0 Å². The Labute approximate surface area is 112 Å². The first-order valence-electron chi connectivity index (χ1n) is 6.03. The van der Waals surface area contributed by atoms with Crippen LogP contribution in [0.5, 0.6) is 0 Å². The minimum absolute atomic E-state index is 0.187. The van der Waals surface area contributed by atoms with Crippen LogP contribution < -0.4 is 10.0 Å². The predicted octanol–water partition coefficient (Wildman–Crippen LogP) is 2.01. The molecule has 0 amide bonds. The topological polar surface area (TPSA) is 58.2 Å². The minimum atomic E-state index is -3.75. The fourth-order valence-corrected chi connectivity index (χ4v) is 2.65. The Bertz CT molecular complexity index is 533. The van der Waals surface area contributed by atoms with Crippen molar-refractivity contribution >= 4 is 15.7 Å². The highest BCUT2D eigenvalue weighted by atomic mass is 32.2. The van der Waals surface area contributed by atoms with Gasteiger partial charge in [-0.2, -0.15) is 0 Å². The lowest BCUT2D eigenvalue weighted by atomic mass is 10.2. The summed E-state index contributed by atoms with van der Waals surface area (Å²) >= 11 is 0. The van der Waals surface area contributed by atoms with E-state index < -0.39 is 27.3 Å². The van der Waals surface area contributed by atoms with Gasteiger partial charge in [0.05, 0.1) is 5.75 Å². The maximum Gasteiger partial charge on any atom is 0.232 e. The zero-order chi connectivity index (χ0) is 14.5. The van der Waals surface area contributed by atoms with Gasteiger partial charge in [0.25, 0.3) is 0 Å². The number of benzene rings is 1. The number of aryl methyl sites for hydroxylation is 1. The molecule has 0 heterocycles. The molecule has 0 atom stereocenters. The van der Waals surface area contributed by atoms with E-state index in [0.717, 1.165) is 12.6 Å². The summed E-state index contributed by atoms with van der Waals surface area (Å²) < 4.78 is 52.5. The molecule has 1 rings (SSSR count). The third-order valence-corrected chi connectivity index (χ3v) is 3.90. The first-order valence-corrected chi connectivity index (χ1v) is 7.68. The fraction of sp³-hybridized carbons (Fsp3) is 0.500. The number of nitrogens with one attached hydrogen (secondary N) is 2. The second-order valence-electron chi connectivity index (χ2n) is 4.18. The third kappa shape index (κ3) is 4.76. The fourth-order valence-electron chi connectivity index (χ4n) is 1.52. The van der Waals surface area contributed by atoms with E-state index in [2.05, 4.69) is 5.32 Å². The van der Waals surface area contributed by atoms with Gasteiger partial charge in [0, 0.05) is 0 Å². The van der Waals surface area contributed by atoms with Crippen LogP contribution in [0.15, 0.2) is 12.1 Å². The minimum Gasteiger partial charge on any atom is -0.317 e. The standard InChI is InChI=1S/C12H18F2N2O2S/c1-3-15-7-4-8-19(17,18)16-12-10(13)6-5-9(2)11(12)14/h5-6,15-16H,3-4,7-8H2,1-2H3. The first-order chi connectivity index (χ1) is 8.87. The Balaban J connectivity index is 2.76. The van der Waals surface area contributed by atoms with Crippen LogP contribution in [0.2, 0.25) is 0 Å². The van der Waals surface area contributed by atoms with Crippen molar-refractivity contribution in [3.05, 3.63) is 29.3 Å². The van der Waals surface area contributed by atoms with Crippen LogP contribution in [-0.4, -0.2) is 27.3 Å². The Morgan fingerprint density at radius 1 is 1.26 bits per heavy atom. The van der Waals surface area contributed by atoms with Crippen LogP contribution in [0.25, 0.3) is 0 Å². The van der Waals surface area contributed by atoms with E-state index in [0.29, 0.717) is 13.0 Å². The van der Waals surface area contributed by atoms with Gasteiger partial charge in [-0.3, -0.25) is 4.72 Å². The molecule has 0 saturated carbocycles. The molecule has 0 aliphatic rings. The molecule has 2 N–H and O–H groups in total. The number of halogens is 2. The highest BCUT2D eigenvalue weighted by molar-refractivity contribution is 7.92. The largest absolute Gasteiger partial charge is 0.317 e. The molecule has 0 saturated heterocycles. The molecule has 0 aliphatic carbocycles. The summed E-state index contributed by atoms with van der Waals surface area (Å²) in [7, 11) is -3.75. The van der Waals surface area contributed by atoms with Gasteiger partial charge in [-0.25, -0.2) is 17.2 Å². The number of rotatable bonds is 7. The second kappa shape index (κ2) is 6.81. The van der Waals surface area contributed by atoms with Gasteiger partial charge in [0.15, 0.2) is 5.82 Å². The molecule has 0 aliphatic heterocycles. The van der Waals surface area contributed by atoms with Crippen LogP contribution >= 0.6 is 0 Å². The summed E-state index contributed by atoms with van der Waals surface area (Å²) in [6, 6.07) is 2.29. The third-order valence-electron chi connectivity index (χ3n) is 2.56. The van der Waals surface area contributed by atoms with E-state index in [4.69, 9.17) is 0 Å². The molecule has 108 valence electrons. The Hall–Kier alpha value is -1.21. The number of hydrogen-bond acceptors (Lipinski definition) is 3. The zero-order valence-corrected chi connectivity index (χ0v) is 11.8. The van der Waals surface area contributed by atoms with E-state index in [1.54, 1.807) is 0 Å². The van der Waals surface area contributed by atoms with Gasteiger partial charge in [0.1, 0.15) is 11.5 Å². The zero-order valence-electron chi connectivity index (χ0n) is 11.0. The van der Waals surface area contributed by atoms with Crippen molar-refractivity contribution in [2.45, 2.75) is 20.3 Å². The van der Waals surface area contributed by atoms with Gasteiger partial charge in [0.2, 0.25) is 10.0 Å². The predicted molar refractivity (Wildman–Crippen MR) is 71.7 cm³/mol. The van der Waals surface area contributed by atoms with Crippen molar-refractivity contribution in [2.75, 3.05) is 23.6 Å². The Kier molecular flexibility index (Phi) is 5.68. The van der Waals surface area contributed by atoms with Crippen LogP contribution in [0.3, 0.4) is 0 Å². The number of hydrogen-bond donors (Lipinski definition) is 2.